The molecule has 0 spiro atoms. The van der Waals surface area contributed by atoms with Gasteiger partial charge >= 0.3 is 5.97 Å². The number of hydrogen-bond donors (Lipinski definition) is 0. The summed E-state index contributed by atoms with van der Waals surface area (Å²) in [7, 11) is 0. The summed E-state index contributed by atoms with van der Waals surface area (Å²) < 4.78 is 5.17. The van der Waals surface area contributed by atoms with Crippen molar-refractivity contribution in [2.24, 2.45) is 0 Å². The fourth-order valence-corrected chi connectivity index (χ4v) is 2.02. The molecule has 118 valence electrons. The molecule has 0 aliphatic carbocycles. The molecule has 0 saturated heterocycles. The number of carbonyl (C=O) groups excluding carboxylic acids is 2. The van der Waals surface area contributed by atoms with Crippen LogP contribution in [0.4, 0.5) is 0 Å². The molecule has 0 atom stereocenters. The zero-order chi connectivity index (χ0) is 16.9. The molecule has 0 aliphatic rings. The van der Waals surface area contributed by atoms with E-state index in [0.717, 1.165) is 11.8 Å². The first-order valence-electron chi connectivity index (χ1n) is 7.44. The van der Waals surface area contributed by atoms with E-state index in [-0.39, 0.29) is 5.41 Å². The molecule has 2 rings (SSSR count). The van der Waals surface area contributed by atoms with Crippen LogP contribution < -0.4 is 4.74 Å². The van der Waals surface area contributed by atoms with E-state index in [1.807, 2.05) is 12.1 Å². The number of esters is 1. The van der Waals surface area contributed by atoms with Crippen LogP contribution in [0.5, 0.6) is 5.75 Å². The number of ether oxygens (including phenoxy) is 1. The number of aldehydes is 1. The standard InChI is InChI=1S/C20H20O3/c1-20(2,3)17-9-4-15(5-10-17)8-13-19(22)23-18-11-6-16(14-21)7-12-18/h4-14H,1-3H3/b13-8-. The molecule has 0 heterocycles. The van der Waals surface area contributed by atoms with Crippen LogP contribution in [0.25, 0.3) is 6.08 Å². The van der Waals surface area contributed by atoms with Gasteiger partial charge in [-0.15, -0.1) is 0 Å². The highest BCUT2D eigenvalue weighted by molar-refractivity contribution is 5.88. The lowest BCUT2D eigenvalue weighted by molar-refractivity contribution is -0.128. The van der Waals surface area contributed by atoms with E-state index in [1.165, 1.54) is 11.6 Å². The van der Waals surface area contributed by atoms with Gasteiger partial charge in [0, 0.05) is 11.6 Å². The second-order valence-electron chi connectivity index (χ2n) is 6.31. The molecule has 0 amide bonds. The second-order valence-corrected chi connectivity index (χ2v) is 6.31. The van der Waals surface area contributed by atoms with Crippen LogP contribution in [0, 0.1) is 0 Å². The fraction of sp³-hybridized carbons (Fsp3) is 0.200. The molecule has 2 aromatic rings. The maximum atomic E-state index is 11.8. The summed E-state index contributed by atoms with van der Waals surface area (Å²) in [5, 5.41) is 0. The summed E-state index contributed by atoms with van der Waals surface area (Å²) in [4.78, 5) is 22.4. The van der Waals surface area contributed by atoms with Crippen LogP contribution in [0.1, 0.15) is 42.3 Å². The van der Waals surface area contributed by atoms with Gasteiger partial charge in [-0.2, -0.15) is 0 Å². The Morgan fingerprint density at radius 2 is 1.48 bits per heavy atom. The third-order valence-corrected chi connectivity index (χ3v) is 3.42. The zero-order valence-corrected chi connectivity index (χ0v) is 13.6. The van der Waals surface area contributed by atoms with Gasteiger partial charge in [-0.05, 0) is 46.9 Å². The average Bonchev–Trinajstić information content (AvgIpc) is 2.53. The summed E-state index contributed by atoms with van der Waals surface area (Å²) in [6.45, 7) is 6.47. The van der Waals surface area contributed by atoms with Gasteiger partial charge in [0.15, 0.2) is 0 Å². The molecular weight excluding hydrogens is 288 g/mol. The molecule has 0 unspecified atom stereocenters. The molecule has 3 heteroatoms. The van der Waals surface area contributed by atoms with Gasteiger partial charge in [0.1, 0.15) is 12.0 Å². The van der Waals surface area contributed by atoms with Crippen molar-refractivity contribution in [2.45, 2.75) is 26.2 Å². The van der Waals surface area contributed by atoms with Crippen molar-refractivity contribution >= 4 is 18.3 Å². The van der Waals surface area contributed by atoms with Crippen molar-refractivity contribution < 1.29 is 14.3 Å². The van der Waals surface area contributed by atoms with E-state index in [9.17, 15) is 9.59 Å². The molecule has 0 N–H and O–H groups in total. The topological polar surface area (TPSA) is 43.4 Å². The molecule has 0 saturated carbocycles. The van der Waals surface area contributed by atoms with Gasteiger partial charge in [0.25, 0.3) is 0 Å². The van der Waals surface area contributed by atoms with Gasteiger partial charge in [0.2, 0.25) is 0 Å². The first-order valence-corrected chi connectivity index (χ1v) is 7.44. The Morgan fingerprint density at radius 1 is 0.913 bits per heavy atom. The van der Waals surface area contributed by atoms with E-state index >= 15 is 0 Å². The summed E-state index contributed by atoms with van der Waals surface area (Å²) >= 11 is 0. The normalized spacial score (nSPS) is 11.4. The van der Waals surface area contributed by atoms with E-state index in [0.29, 0.717) is 11.3 Å². The van der Waals surface area contributed by atoms with Crippen LogP contribution in [0.3, 0.4) is 0 Å². The fourth-order valence-electron chi connectivity index (χ4n) is 2.02. The van der Waals surface area contributed by atoms with Crippen molar-refractivity contribution in [1.29, 1.82) is 0 Å². The molecule has 0 aromatic heterocycles. The lowest BCUT2D eigenvalue weighted by atomic mass is 9.87. The van der Waals surface area contributed by atoms with Gasteiger partial charge in [-0.1, -0.05) is 45.0 Å². The molecule has 0 aliphatic heterocycles. The zero-order valence-electron chi connectivity index (χ0n) is 13.6. The molecule has 0 radical (unpaired) electrons. The molecule has 0 fully saturated rings. The maximum absolute atomic E-state index is 11.8. The number of rotatable bonds is 4. The Kier molecular flexibility index (Phi) is 5.12. The van der Waals surface area contributed by atoms with E-state index in [1.54, 1.807) is 30.3 Å². The van der Waals surface area contributed by atoms with Crippen LogP contribution in [0.2, 0.25) is 0 Å². The van der Waals surface area contributed by atoms with Gasteiger partial charge < -0.3 is 4.74 Å². The van der Waals surface area contributed by atoms with E-state index < -0.39 is 5.97 Å². The van der Waals surface area contributed by atoms with Crippen LogP contribution in [-0.2, 0) is 10.2 Å². The van der Waals surface area contributed by atoms with Crippen molar-refractivity contribution in [3.8, 4) is 5.75 Å². The lowest BCUT2D eigenvalue weighted by Crippen LogP contribution is -2.10. The van der Waals surface area contributed by atoms with E-state index in [4.69, 9.17) is 4.74 Å². The largest absolute Gasteiger partial charge is 0.423 e. The number of hydrogen-bond acceptors (Lipinski definition) is 3. The molecule has 2 aromatic carbocycles. The summed E-state index contributed by atoms with van der Waals surface area (Å²) in [5.74, 6) is -0.0444. The Balaban J connectivity index is 1.98. The second kappa shape index (κ2) is 7.05. The monoisotopic (exact) mass is 308 g/mol. The highest BCUT2D eigenvalue weighted by Crippen LogP contribution is 2.22. The van der Waals surface area contributed by atoms with E-state index in [2.05, 4.69) is 32.9 Å². The predicted molar refractivity (Wildman–Crippen MR) is 91.6 cm³/mol. The first-order chi connectivity index (χ1) is 10.9. The number of carbonyl (C=O) groups is 2. The highest BCUT2D eigenvalue weighted by Gasteiger charge is 2.12. The van der Waals surface area contributed by atoms with Crippen molar-refractivity contribution in [2.75, 3.05) is 0 Å². The Labute approximate surface area is 136 Å². The van der Waals surface area contributed by atoms with Crippen molar-refractivity contribution in [1.82, 2.24) is 0 Å². The third-order valence-electron chi connectivity index (χ3n) is 3.42. The minimum Gasteiger partial charge on any atom is -0.423 e. The lowest BCUT2D eigenvalue weighted by Gasteiger charge is -2.18. The van der Waals surface area contributed by atoms with Crippen molar-refractivity contribution in [3.05, 3.63) is 71.3 Å². The van der Waals surface area contributed by atoms with Gasteiger partial charge in [0.05, 0.1) is 0 Å². The first kappa shape index (κ1) is 16.7. The van der Waals surface area contributed by atoms with Crippen LogP contribution in [0.15, 0.2) is 54.6 Å². The highest BCUT2D eigenvalue weighted by atomic mass is 16.5. The van der Waals surface area contributed by atoms with Crippen LogP contribution >= 0.6 is 0 Å². The SMILES string of the molecule is CC(C)(C)c1ccc(/C=C\C(=O)Oc2ccc(C=O)cc2)cc1. The molecular formula is C20H20O3. The number of benzene rings is 2. The summed E-state index contributed by atoms with van der Waals surface area (Å²) in [6, 6.07) is 14.5. The van der Waals surface area contributed by atoms with Crippen molar-refractivity contribution in [3.63, 3.8) is 0 Å². The Morgan fingerprint density at radius 3 is 2.00 bits per heavy atom. The minimum atomic E-state index is -0.455. The molecule has 3 nitrogen and oxygen atoms in total. The van der Waals surface area contributed by atoms with Gasteiger partial charge in [-0.25, -0.2) is 4.79 Å². The summed E-state index contributed by atoms with van der Waals surface area (Å²) in [6.07, 6.45) is 3.85. The Hall–Kier alpha value is -2.68. The third kappa shape index (κ3) is 4.92. The molecule has 23 heavy (non-hydrogen) atoms. The molecule has 0 bridgehead atoms. The summed E-state index contributed by atoms with van der Waals surface area (Å²) in [5.41, 5.74) is 2.83. The quantitative estimate of drug-likeness (QED) is 0.363. The Bertz CT molecular complexity index is 702. The minimum absolute atomic E-state index is 0.106. The maximum Gasteiger partial charge on any atom is 0.336 e. The predicted octanol–water partition coefficient (Wildman–Crippen LogP) is 4.42. The average molecular weight is 308 g/mol. The smallest absolute Gasteiger partial charge is 0.336 e. The van der Waals surface area contributed by atoms with Gasteiger partial charge in [-0.3, -0.25) is 4.79 Å². The van der Waals surface area contributed by atoms with Crippen LogP contribution in [-0.4, -0.2) is 12.3 Å².